The lowest BCUT2D eigenvalue weighted by Gasteiger charge is -2.36. The number of hydrogen-bond acceptors (Lipinski definition) is 5. The fourth-order valence-electron chi connectivity index (χ4n) is 2.59. The van der Waals surface area contributed by atoms with Crippen molar-refractivity contribution in [2.24, 2.45) is 5.73 Å². The number of hydrogen-bond donors (Lipinski definition) is 1. The smallest absolute Gasteiger partial charge is 0.292 e. The van der Waals surface area contributed by atoms with E-state index in [2.05, 4.69) is 0 Å². The van der Waals surface area contributed by atoms with E-state index in [9.17, 15) is 14.9 Å². The molecule has 23 heavy (non-hydrogen) atoms. The average molecular weight is 343 g/mol. The summed E-state index contributed by atoms with van der Waals surface area (Å²) in [5.41, 5.74) is 6.40. The van der Waals surface area contributed by atoms with Gasteiger partial charge in [-0.2, -0.15) is 0 Å². The van der Waals surface area contributed by atoms with Crippen LogP contribution in [0.15, 0.2) is 24.3 Å². The fraction of sp³-hybridized carbons (Fsp3) is 0.533. The Hall–Kier alpha value is -1.86. The monoisotopic (exact) mass is 342 g/mol. The van der Waals surface area contributed by atoms with Gasteiger partial charge in [-0.3, -0.25) is 14.9 Å². The normalized spacial score (nSPS) is 15.7. The molecular formula is C15H23ClN4O3. The largest absolute Gasteiger partial charge is 0.362 e. The van der Waals surface area contributed by atoms with Gasteiger partial charge in [-0.25, -0.2) is 0 Å². The predicted octanol–water partition coefficient (Wildman–Crippen LogP) is 1.79. The van der Waals surface area contributed by atoms with E-state index in [1.54, 1.807) is 18.2 Å². The van der Waals surface area contributed by atoms with Crippen LogP contribution in [0.4, 0.5) is 11.4 Å². The molecule has 7 nitrogen and oxygen atoms in total. The van der Waals surface area contributed by atoms with Crippen LogP contribution in [0.25, 0.3) is 0 Å². The molecule has 0 bridgehead atoms. The van der Waals surface area contributed by atoms with Crippen molar-refractivity contribution in [1.82, 2.24) is 4.90 Å². The molecule has 0 aromatic heterocycles. The van der Waals surface area contributed by atoms with Gasteiger partial charge < -0.3 is 15.5 Å². The van der Waals surface area contributed by atoms with E-state index in [0.29, 0.717) is 44.7 Å². The Morgan fingerprint density at radius 1 is 1.30 bits per heavy atom. The van der Waals surface area contributed by atoms with Crippen molar-refractivity contribution in [3.05, 3.63) is 34.4 Å². The summed E-state index contributed by atoms with van der Waals surface area (Å²) in [4.78, 5) is 26.6. The lowest BCUT2D eigenvalue weighted by atomic mass is 10.1. The van der Waals surface area contributed by atoms with Crippen molar-refractivity contribution in [3.63, 3.8) is 0 Å². The van der Waals surface area contributed by atoms with Crippen LogP contribution in [0.2, 0.25) is 0 Å². The summed E-state index contributed by atoms with van der Waals surface area (Å²) in [6.45, 7) is 4.27. The highest BCUT2D eigenvalue weighted by Crippen LogP contribution is 2.28. The number of halogens is 1. The Morgan fingerprint density at radius 2 is 1.91 bits per heavy atom. The second kappa shape index (κ2) is 8.69. The van der Waals surface area contributed by atoms with Crippen LogP contribution in [0, 0.1) is 10.1 Å². The fourth-order valence-corrected chi connectivity index (χ4v) is 2.59. The van der Waals surface area contributed by atoms with Gasteiger partial charge in [0.2, 0.25) is 5.91 Å². The lowest BCUT2D eigenvalue weighted by molar-refractivity contribution is -0.384. The van der Waals surface area contributed by atoms with E-state index in [-0.39, 0.29) is 35.0 Å². The van der Waals surface area contributed by atoms with Crippen LogP contribution in [-0.2, 0) is 4.79 Å². The summed E-state index contributed by atoms with van der Waals surface area (Å²) < 4.78 is 0. The lowest BCUT2D eigenvalue weighted by Crippen LogP contribution is -2.49. The predicted molar refractivity (Wildman–Crippen MR) is 92.0 cm³/mol. The van der Waals surface area contributed by atoms with Crippen LogP contribution in [0.1, 0.15) is 19.8 Å². The number of nitrogens with two attached hydrogens (primary N) is 1. The number of benzene rings is 1. The first kappa shape index (κ1) is 19.2. The number of amides is 1. The number of nitrogens with zero attached hydrogens (tertiary/aromatic N) is 3. The van der Waals surface area contributed by atoms with E-state index in [4.69, 9.17) is 5.73 Å². The summed E-state index contributed by atoms with van der Waals surface area (Å²) in [7, 11) is 0. The van der Waals surface area contributed by atoms with Gasteiger partial charge in [0.25, 0.3) is 5.69 Å². The Labute approximate surface area is 142 Å². The van der Waals surface area contributed by atoms with Gasteiger partial charge in [0.15, 0.2) is 0 Å². The molecule has 1 aromatic carbocycles. The molecular weight excluding hydrogens is 320 g/mol. The Morgan fingerprint density at radius 3 is 2.48 bits per heavy atom. The number of piperazine rings is 1. The molecule has 1 heterocycles. The van der Waals surface area contributed by atoms with E-state index in [0.717, 1.165) is 0 Å². The summed E-state index contributed by atoms with van der Waals surface area (Å²) in [5.74, 6) is 0.111. The van der Waals surface area contributed by atoms with Crippen LogP contribution < -0.4 is 10.6 Å². The second-order valence-corrected chi connectivity index (χ2v) is 5.63. The minimum absolute atomic E-state index is 0. The van der Waals surface area contributed by atoms with Crippen molar-refractivity contribution >= 4 is 29.7 Å². The molecule has 2 N–H and O–H groups in total. The maximum Gasteiger partial charge on any atom is 0.292 e. The summed E-state index contributed by atoms with van der Waals surface area (Å²) >= 11 is 0. The second-order valence-electron chi connectivity index (χ2n) is 5.63. The van der Waals surface area contributed by atoms with Gasteiger partial charge in [0.05, 0.1) is 4.92 Å². The Kier molecular flexibility index (Phi) is 7.25. The molecule has 0 saturated carbocycles. The Balaban J connectivity index is 0.00000264. The topological polar surface area (TPSA) is 92.7 Å². The van der Waals surface area contributed by atoms with Crippen molar-refractivity contribution < 1.29 is 9.72 Å². The van der Waals surface area contributed by atoms with Crippen molar-refractivity contribution in [1.29, 1.82) is 0 Å². The first-order valence-corrected chi connectivity index (χ1v) is 7.50. The maximum absolute atomic E-state index is 12.1. The summed E-state index contributed by atoms with van der Waals surface area (Å²) in [6, 6.07) is 6.75. The quantitative estimate of drug-likeness (QED) is 0.650. The number of carbonyl (C=O) groups is 1. The minimum atomic E-state index is -0.366. The van der Waals surface area contributed by atoms with Crippen LogP contribution in [0.5, 0.6) is 0 Å². The zero-order valence-corrected chi connectivity index (χ0v) is 14.0. The van der Waals surface area contributed by atoms with Gasteiger partial charge in [-0.15, -0.1) is 12.4 Å². The maximum atomic E-state index is 12.1. The van der Waals surface area contributed by atoms with Crippen LogP contribution in [-0.4, -0.2) is 48.0 Å². The van der Waals surface area contributed by atoms with Gasteiger partial charge in [0, 0.05) is 44.7 Å². The molecule has 1 aliphatic heterocycles. The van der Waals surface area contributed by atoms with Crippen LogP contribution >= 0.6 is 12.4 Å². The number of rotatable bonds is 5. The third kappa shape index (κ3) is 5.07. The molecule has 1 unspecified atom stereocenters. The van der Waals surface area contributed by atoms with Gasteiger partial charge in [0.1, 0.15) is 5.69 Å². The van der Waals surface area contributed by atoms with Crippen molar-refractivity contribution in [3.8, 4) is 0 Å². The number of para-hydroxylation sites is 2. The third-order valence-corrected chi connectivity index (χ3v) is 3.87. The molecule has 2 rings (SSSR count). The summed E-state index contributed by atoms with van der Waals surface area (Å²) in [6.07, 6.45) is 1.15. The highest BCUT2D eigenvalue weighted by atomic mass is 35.5. The van der Waals surface area contributed by atoms with E-state index in [1.165, 1.54) is 6.07 Å². The van der Waals surface area contributed by atoms with Crippen molar-refractivity contribution in [2.75, 3.05) is 31.1 Å². The molecule has 0 aliphatic carbocycles. The zero-order chi connectivity index (χ0) is 16.1. The molecule has 1 aromatic rings. The molecule has 0 radical (unpaired) electrons. The highest BCUT2D eigenvalue weighted by Gasteiger charge is 2.25. The van der Waals surface area contributed by atoms with Gasteiger partial charge >= 0.3 is 0 Å². The standard InChI is InChI=1S/C15H22N4O3.ClH/c1-12(16)6-7-15(20)18-10-8-17(9-11-18)13-4-2-3-5-14(13)19(21)22;/h2-5,12H,6-11,16H2,1H3;1H. The van der Waals surface area contributed by atoms with Gasteiger partial charge in [-0.05, 0) is 19.4 Å². The van der Waals surface area contributed by atoms with E-state index in [1.807, 2.05) is 16.7 Å². The highest BCUT2D eigenvalue weighted by molar-refractivity contribution is 5.85. The number of nitro groups is 1. The third-order valence-electron chi connectivity index (χ3n) is 3.87. The number of anilines is 1. The number of carbonyl (C=O) groups excluding carboxylic acids is 1. The molecule has 1 saturated heterocycles. The van der Waals surface area contributed by atoms with Crippen molar-refractivity contribution in [2.45, 2.75) is 25.8 Å². The number of nitro benzene ring substituents is 1. The molecule has 128 valence electrons. The molecule has 1 fully saturated rings. The molecule has 1 aliphatic rings. The SMILES string of the molecule is CC(N)CCC(=O)N1CCN(c2ccccc2[N+](=O)[O-])CC1.Cl. The average Bonchev–Trinajstić information content (AvgIpc) is 2.52. The molecule has 1 atom stereocenters. The van der Waals surface area contributed by atoms with E-state index >= 15 is 0 Å². The first-order valence-electron chi connectivity index (χ1n) is 7.50. The van der Waals surface area contributed by atoms with Crippen LogP contribution in [0.3, 0.4) is 0 Å². The Bertz CT molecular complexity index is 545. The van der Waals surface area contributed by atoms with Gasteiger partial charge in [-0.1, -0.05) is 12.1 Å². The minimum Gasteiger partial charge on any atom is -0.362 e. The molecule has 8 heteroatoms. The molecule has 0 spiro atoms. The summed E-state index contributed by atoms with van der Waals surface area (Å²) in [5, 5.41) is 11.1. The molecule has 1 amide bonds. The van der Waals surface area contributed by atoms with E-state index < -0.39 is 0 Å². The first-order chi connectivity index (χ1) is 10.5. The zero-order valence-electron chi connectivity index (χ0n) is 13.2.